The van der Waals surface area contributed by atoms with Gasteiger partial charge in [-0.2, -0.15) is 0 Å². The van der Waals surface area contributed by atoms with Crippen molar-refractivity contribution in [1.29, 1.82) is 0 Å². The SMILES string of the molecule is COc1ccc(CSc2ncccc2C(=O)Nc2cc(COC(C)=O)ncc2C)c(OC)c1. The first-order valence-corrected chi connectivity index (χ1v) is 11.1. The van der Waals surface area contributed by atoms with E-state index < -0.39 is 5.97 Å². The summed E-state index contributed by atoms with van der Waals surface area (Å²) in [5, 5.41) is 3.51. The number of anilines is 1. The largest absolute Gasteiger partial charge is 0.497 e. The quantitative estimate of drug-likeness (QED) is 0.365. The number of aromatic nitrogens is 2. The fourth-order valence-corrected chi connectivity index (χ4v) is 3.92. The lowest BCUT2D eigenvalue weighted by atomic mass is 10.2. The zero-order valence-electron chi connectivity index (χ0n) is 18.9. The summed E-state index contributed by atoms with van der Waals surface area (Å²) in [7, 11) is 3.21. The van der Waals surface area contributed by atoms with Gasteiger partial charge in [0.15, 0.2) is 0 Å². The molecule has 0 spiro atoms. The molecule has 0 aliphatic carbocycles. The number of nitrogens with one attached hydrogen (secondary N) is 1. The second-order valence-electron chi connectivity index (χ2n) is 7.05. The zero-order chi connectivity index (χ0) is 23.8. The molecule has 0 bridgehead atoms. The molecule has 2 heterocycles. The standard InChI is InChI=1S/C24H25N3O5S/c1-15-12-26-18(13-32-16(2)28)10-21(15)27-23(29)20-6-5-9-25-24(20)33-14-17-7-8-19(30-3)11-22(17)31-4/h5-12H,13-14H2,1-4H3,(H,26,27,29). The van der Waals surface area contributed by atoms with Crippen molar-refractivity contribution >= 4 is 29.3 Å². The van der Waals surface area contributed by atoms with Crippen LogP contribution in [0.25, 0.3) is 0 Å². The minimum absolute atomic E-state index is 0.0379. The van der Waals surface area contributed by atoms with Crippen LogP contribution in [-0.2, 0) is 21.9 Å². The monoisotopic (exact) mass is 467 g/mol. The fourth-order valence-electron chi connectivity index (χ4n) is 2.94. The lowest BCUT2D eigenvalue weighted by Crippen LogP contribution is -2.15. The van der Waals surface area contributed by atoms with Gasteiger partial charge in [-0.3, -0.25) is 14.6 Å². The van der Waals surface area contributed by atoms with Gasteiger partial charge in [0.25, 0.3) is 5.91 Å². The molecule has 3 rings (SSSR count). The van der Waals surface area contributed by atoms with Gasteiger partial charge in [-0.15, -0.1) is 11.8 Å². The van der Waals surface area contributed by atoms with E-state index in [4.69, 9.17) is 14.2 Å². The summed E-state index contributed by atoms with van der Waals surface area (Å²) in [5.74, 6) is 1.29. The first-order chi connectivity index (χ1) is 15.9. The predicted molar refractivity (Wildman–Crippen MR) is 126 cm³/mol. The third-order valence-corrected chi connectivity index (χ3v) is 5.76. The van der Waals surface area contributed by atoms with Gasteiger partial charge in [0.2, 0.25) is 0 Å². The number of nitrogens with zero attached hydrogens (tertiary/aromatic N) is 2. The van der Waals surface area contributed by atoms with Crippen LogP contribution in [0, 0.1) is 6.92 Å². The van der Waals surface area contributed by atoms with E-state index in [-0.39, 0.29) is 12.5 Å². The Morgan fingerprint density at radius 2 is 1.91 bits per heavy atom. The van der Waals surface area contributed by atoms with Gasteiger partial charge in [0.1, 0.15) is 23.1 Å². The van der Waals surface area contributed by atoms with E-state index in [9.17, 15) is 9.59 Å². The van der Waals surface area contributed by atoms with Crippen molar-refractivity contribution in [3.63, 3.8) is 0 Å². The Hall–Kier alpha value is -3.59. The minimum Gasteiger partial charge on any atom is -0.497 e. The van der Waals surface area contributed by atoms with Crippen molar-refractivity contribution in [2.24, 2.45) is 0 Å². The molecule has 1 N–H and O–H groups in total. The lowest BCUT2D eigenvalue weighted by molar-refractivity contribution is -0.142. The van der Waals surface area contributed by atoms with Gasteiger partial charge in [0, 0.05) is 42.4 Å². The predicted octanol–water partition coefficient (Wildman–Crippen LogP) is 4.41. The summed E-state index contributed by atoms with van der Waals surface area (Å²) in [6.45, 7) is 3.21. The summed E-state index contributed by atoms with van der Waals surface area (Å²) in [4.78, 5) is 32.8. The van der Waals surface area contributed by atoms with Crippen LogP contribution in [-0.4, -0.2) is 36.1 Å². The average Bonchev–Trinajstić information content (AvgIpc) is 2.83. The third-order valence-electron chi connectivity index (χ3n) is 4.71. The number of pyridine rings is 2. The van der Waals surface area contributed by atoms with E-state index >= 15 is 0 Å². The molecule has 0 fully saturated rings. The van der Waals surface area contributed by atoms with Crippen molar-refractivity contribution in [3.05, 3.63) is 71.2 Å². The molecule has 33 heavy (non-hydrogen) atoms. The summed E-state index contributed by atoms with van der Waals surface area (Å²) in [5.41, 5.74) is 3.33. The van der Waals surface area contributed by atoms with Crippen LogP contribution in [0.2, 0.25) is 0 Å². The molecule has 0 unspecified atom stereocenters. The summed E-state index contributed by atoms with van der Waals surface area (Å²) >= 11 is 1.44. The number of hydrogen-bond acceptors (Lipinski definition) is 8. The van der Waals surface area contributed by atoms with Crippen molar-refractivity contribution in [2.75, 3.05) is 19.5 Å². The highest BCUT2D eigenvalue weighted by Crippen LogP contribution is 2.31. The van der Waals surface area contributed by atoms with Crippen LogP contribution in [0.3, 0.4) is 0 Å². The van der Waals surface area contributed by atoms with E-state index in [1.807, 2.05) is 25.1 Å². The van der Waals surface area contributed by atoms with Gasteiger partial charge in [-0.05, 0) is 36.8 Å². The topological polar surface area (TPSA) is 99.6 Å². The lowest BCUT2D eigenvalue weighted by Gasteiger charge is -2.13. The molecule has 0 aliphatic rings. The maximum absolute atomic E-state index is 13.1. The van der Waals surface area contributed by atoms with Crippen LogP contribution in [0.4, 0.5) is 5.69 Å². The number of esters is 1. The highest BCUT2D eigenvalue weighted by molar-refractivity contribution is 7.98. The van der Waals surface area contributed by atoms with Crippen LogP contribution >= 0.6 is 11.8 Å². The highest BCUT2D eigenvalue weighted by Gasteiger charge is 2.16. The molecule has 0 radical (unpaired) electrons. The van der Waals surface area contributed by atoms with Crippen molar-refractivity contribution < 1.29 is 23.8 Å². The molecule has 1 aromatic carbocycles. The molecular weight excluding hydrogens is 442 g/mol. The number of hydrogen-bond donors (Lipinski definition) is 1. The molecule has 2 aromatic heterocycles. The Labute approximate surface area is 196 Å². The molecule has 0 atom stereocenters. The molecule has 1 amide bonds. The van der Waals surface area contributed by atoms with Crippen LogP contribution in [0.5, 0.6) is 11.5 Å². The average molecular weight is 468 g/mol. The molecule has 0 aliphatic heterocycles. The van der Waals surface area contributed by atoms with Crippen LogP contribution < -0.4 is 14.8 Å². The van der Waals surface area contributed by atoms with E-state index in [2.05, 4.69) is 15.3 Å². The Morgan fingerprint density at radius 3 is 2.64 bits per heavy atom. The summed E-state index contributed by atoms with van der Waals surface area (Å²) in [6, 6.07) is 10.8. The molecule has 0 saturated carbocycles. The van der Waals surface area contributed by atoms with Crippen molar-refractivity contribution in [1.82, 2.24) is 9.97 Å². The Kier molecular flexibility index (Phi) is 8.26. The maximum atomic E-state index is 13.1. The van der Waals surface area contributed by atoms with Gasteiger partial charge in [0.05, 0.1) is 25.5 Å². The number of benzene rings is 1. The number of ether oxygens (including phenoxy) is 3. The first kappa shape index (κ1) is 24.1. The van der Waals surface area contributed by atoms with Crippen molar-refractivity contribution in [2.45, 2.75) is 31.2 Å². The maximum Gasteiger partial charge on any atom is 0.303 e. The summed E-state index contributed by atoms with van der Waals surface area (Å²) in [6.07, 6.45) is 3.28. The second-order valence-corrected chi connectivity index (χ2v) is 8.01. The van der Waals surface area contributed by atoms with E-state index in [0.717, 1.165) is 11.1 Å². The van der Waals surface area contributed by atoms with Gasteiger partial charge in [-0.1, -0.05) is 6.07 Å². The number of methoxy groups -OCH3 is 2. The van der Waals surface area contributed by atoms with Crippen LogP contribution in [0.15, 0.2) is 53.8 Å². The Morgan fingerprint density at radius 1 is 1.09 bits per heavy atom. The molecule has 8 nitrogen and oxygen atoms in total. The molecule has 0 saturated heterocycles. The zero-order valence-corrected chi connectivity index (χ0v) is 19.7. The van der Waals surface area contributed by atoms with Gasteiger partial charge in [-0.25, -0.2) is 4.98 Å². The third kappa shape index (κ3) is 6.45. The highest BCUT2D eigenvalue weighted by atomic mass is 32.2. The Balaban J connectivity index is 1.76. The van der Waals surface area contributed by atoms with Crippen molar-refractivity contribution in [3.8, 4) is 11.5 Å². The number of aryl methyl sites for hydroxylation is 1. The fraction of sp³-hybridized carbons (Fsp3) is 0.250. The van der Waals surface area contributed by atoms with Gasteiger partial charge < -0.3 is 19.5 Å². The normalized spacial score (nSPS) is 10.4. The van der Waals surface area contributed by atoms with E-state index in [1.54, 1.807) is 44.8 Å². The number of thioether (sulfide) groups is 1. The first-order valence-electron chi connectivity index (χ1n) is 10.1. The molecule has 3 aromatic rings. The smallest absolute Gasteiger partial charge is 0.303 e. The van der Waals surface area contributed by atoms with E-state index in [0.29, 0.717) is 39.2 Å². The number of amides is 1. The Bertz CT molecular complexity index is 1150. The van der Waals surface area contributed by atoms with E-state index in [1.165, 1.54) is 18.7 Å². The molecule has 9 heteroatoms. The second kappa shape index (κ2) is 11.3. The van der Waals surface area contributed by atoms with Crippen LogP contribution in [0.1, 0.15) is 34.1 Å². The minimum atomic E-state index is -0.395. The molecule has 172 valence electrons. The van der Waals surface area contributed by atoms with Gasteiger partial charge >= 0.3 is 5.97 Å². The molecular formula is C24H25N3O5S. The number of rotatable bonds is 9. The number of carbonyl (C=O) groups is 2. The number of carbonyl (C=O) groups excluding carboxylic acids is 2. The summed E-state index contributed by atoms with van der Waals surface area (Å²) < 4.78 is 15.7.